The third kappa shape index (κ3) is 3.66. The molecule has 3 atom stereocenters. The lowest BCUT2D eigenvalue weighted by Gasteiger charge is -2.31. The minimum absolute atomic E-state index is 0.0691. The largest absolute Gasteiger partial charge is 0.377 e. The Morgan fingerprint density at radius 3 is 2.41 bits per heavy atom. The molecule has 3 unspecified atom stereocenters. The van der Waals surface area contributed by atoms with Crippen LogP contribution in [0.25, 0.3) is 0 Å². The molecule has 1 aliphatic carbocycles. The highest BCUT2D eigenvalue weighted by Crippen LogP contribution is 2.30. The number of hydrogen-bond donors (Lipinski definition) is 1. The smallest absolute Gasteiger partial charge is 0.152 e. The topological polar surface area (TPSA) is 69.4 Å². The van der Waals surface area contributed by atoms with Crippen LogP contribution in [0.1, 0.15) is 32.1 Å². The summed E-state index contributed by atoms with van der Waals surface area (Å²) in [6.45, 7) is 1.43. The molecule has 0 aromatic carbocycles. The Morgan fingerprint density at radius 1 is 1.12 bits per heavy atom. The summed E-state index contributed by atoms with van der Waals surface area (Å²) in [5.74, 6) is 1.62. The molecule has 0 bridgehead atoms. The Kier molecular flexibility index (Phi) is 4.44. The molecule has 17 heavy (non-hydrogen) atoms. The maximum Gasteiger partial charge on any atom is 0.152 e. The van der Waals surface area contributed by atoms with E-state index in [0.29, 0.717) is 30.6 Å². The first-order chi connectivity index (χ1) is 8.11. The average molecular weight is 261 g/mol. The third-order valence-electron chi connectivity index (χ3n) is 4.11. The van der Waals surface area contributed by atoms with Crippen LogP contribution in [0.4, 0.5) is 0 Å². The van der Waals surface area contributed by atoms with Gasteiger partial charge in [0, 0.05) is 0 Å². The molecule has 5 heteroatoms. The van der Waals surface area contributed by atoms with E-state index in [4.69, 9.17) is 10.5 Å². The van der Waals surface area contributed by atoms with E-state index in [1.165, 1.54) is 25.7 Å². The van der Waals surface area contributed by atoms with Crippen molar-refractivity contribution in [1.29, 1.82) is 0 Å². The van der Waals surface area contributed by atoms with Gasteiger partial charge >= 0.3 is 0 Å². The molecule has 4 nitrogen and oxygen atoms in total. The molecule has 1 aliphatic heterocycles. The molecule has 1 saturated carbocycles. The van der Waals surface area contributed by atoms with Crippen molar-refractivity contribution in [2.75, 3.05) is 24.7 Å². The quantitative estimate of drug-likeness (QED) is 0.818. The average Bonchev–Trinajstić information content (AvgIpc) is 2.67. The highest BCUT2D eigenvalue weighted by atomic mass is 32.2. The first kappa shape index (κ1) is 13.3. The van der Waals surface area contributed by atoms with Crippen molar-refractivity contribution in [2.24, 2.45) is 17.6 Å². The number of hydrogen-bond acceptors (Lipinski definition) is 4. The monoisotopic (exact) mass is 261 g/mol. The van der Waals surface area contributed by atoms with Gasteiger partial charge in [-0.2, -0.15) is 0 Å². The van der Waals surface area contributed by atoms with Crippen LogP contribution >= 0.6 is 0 Å². The maximum absolute atomic E-state index is 11.3. The first-order valence-electron chi connectivity index (χ1n) is 6.63. The van der Waals surface area contributed by atoms with Gasteiger partial charge in [-0.05, 0) is 37.6 Å². The minimum Gasteiger partial charge on any atom is -0.377 e. The van der Waals surface area contributed by atoms with Crippen molar-refractivity contribution in [1.82, 2.24) is 0 Å². The number of sulfone groups is 1. The first-order valence-corrected chi connectivity index (χ1v) is 8.45. The lowest BCUT2D eigenvalue weighted by Crippen LogP contribution is -2.31. The molecule has 0 amide bonds. The summed E-state index contributed by atoms with van der Waals surface area (Å²) in [4.78, 5) is 0. The summed E-state index contributed by atoms with van der Waals surface area (Å²) in [7, 11) is -2.82. The molecule has 2 aliphatic rings. The zero-order chi connectivity index (χ0) is 12.3. The Labute approximate surface area is 104 Å². The summed E-state index contributed by atoms with van der Waals surface area (Å²) >= 11 is 0. The van der Waals surface area contributed by atoms with Crippen molar-refractivity contribution in [2.45, 2.75) is 38.2 Å². The van der Waals surface area contributed by atoms with Crippen molar-refractivity contribution in [3.63, 3.8) is 0 Å². The van der Waals surface area contributed by atoms with Gasteiger partial charge in [0.2, 0.25) is 0 Å². The van der Waals surface area contributed by atoms with Crippen LogP contribution in [-0.2, 0) is 14.6 Å². The van der Waals surface area contributed by atoms with E-state index in [2.05, 4.69) is 0 Å². The lowest BCUT2D eigenvalue weighted by atomic mass is 9.80. The predicted octanol–water partition coefficient (Wildman–Crippen LogP) is 0.955. The van der Waals surface area contributed by atoms with Gasteiger partial charge in [0.05, 0.1) is 24.2 Å². The van der Waals surface area contributed by atoms with Crippen LogP contribution in [0.15, 0.2) is 0 Å². The predicted molar refractivity (Wildman–Crippen MR) is 67.5 cm³/mol. The summed E-state index contributed by atoms with van der Waals surface area (Å²) < 4.78 is 28.4. The highest BCUT2D eigenvalue weighted by molar-refractivity contribution is 7.91. The Hall–Kier alpha value is -0.130. The molecular formula is C12H23NO3S. The summed E-state index contributed by atoms with van der Waals surface area (Å²) in [6.07, 6.45) is 5.52. The van der Waals surface area contributed by atoms with Gasteiger partial charge in [0.15, 0.2) is 9.84 Å². The molecule has 0 spiro atoms. The molecule has 0 radical (unpaired) electrons. The second-order valence-electron chi connectivity index (χ2n) is 5.40. The Balaban J connectivity index is 1.77. The van der Waals surface area contributed by atoms with Gasteiger partial charge in [-0.15, -0.1) is 0 Å². The van der Waals surface area contributed by atoms with E-state index < -0.39 is 9.84 Å². The molecule has 100 valence electrons. The normalized spacial score (nSPS) is 37.1. The fourth-order valence-electron chi connectivity index (χ4n) is 2.97. The van der Waals surface area contributed by atoms with Crippen molar-refractivity contribution < 1.29 is 13.2 Å². The van der Waals surface area contributed by atoms with Gasteiger partial charge in [0.25, 0.3) is 0 Å². The number of ether oxygens (including phenoxy) is 1. The Morgan fingerprint density at radius 2 is 1.82 bits per heavy atom. The molecule has 2 fully saturated rings. The zero-order valence-electron chi connectivity index (χ0n) is 10.3. The van der Waals surface area contributed by atoms with E-state index in [1.807, 2.05) is 0 Å². The van der Waals surface area contributed by atoms with E-state index in [-0.39, 0.29) is 11.9 Å². The standard InChI is InChI=1S/C12H23NO3S/c13-7-10-3-1-2-4-11(10)8-16-12-5-6-17(14,15)9-12/h10-12H,1-9,13H2. The summed E-state index contributed by atoms with van der Waals surface area (Å²) in [5.41, 5.74) is 5.77. The van der Waals surface area contributed by atoms with Gasteiger partial charge in [-0.25, -0.2) is 8.42 Å². The van der Waals surface area contributed by atoms with Crippen LogP contribution in [0, 0.1) is 11.8 Å². The molecule has 1 heterocycles. The SMILES string of the molecule is NCC1CCCCC1COC1CCS(=O)(=O)C1. The van der Waals surface area contributed by atoms with Gasteiger partial charge < -0.3 is 10.5 Å². The van der Waals surface area contributed by atoms with Gasteiger partial charge in [-0.1, -0.05) is 12.8 Å². The van der Waals surface area contributed by atoms with E-state index in [1.54, 1.807) is 0 Å². The minimum atomic E-state index is -2.82. The van der Waals surface area contributed by atoms with E-state index in [0.717, 1.165) is 6.54 Å². The van der Waals surface area contributed by atoms with Crippen LogP contribution in [0.3, 0.4) is 0 Å². The van der Waals surface area contributed by atoms with Gasteiger partial charge in [-0.3, -0.25) is 0 Å². The van der Waals surface area contributed by atoms with Crippen molar-refractivity contribution in [3.8, 4) is 0 Å². The fourth-order valence-corrected chi connectivity index (χ4v) is 4.58. The molecular weight excluding hydrogens is 238 g/mol. The van der Waals surface area contributed by atoms with Crippen LogP contribution in [-0.4, -0.2) is 39.2 Å². The zero-order valence-corrected chi connectivity index (χ0v) is 11.1. The number of rotatable bonds is 4. The molecule has 0 aromatic rings. The molecule has 1 saturated heterocycles. The summed E-state index contributed by atoms with van der Waals surface area (Å²) in [5, 5.41) is 0. The number of nitrogens with two attached hydrogens (primary N) is 1. The van der Waals surface area contributed by atoms with Crippen molar-refractivity contribution in [3.05, 3.63) is 0 Å². The third-order valence-corrected chi connectivity index (χ3v) is 5.84. The van der Waals surface area contributed by atoms with Crippen LogP contribution in [0.5, 0.6) is 0 Å². The van der Waals surface area contributed by atoms with E-state index >= 15 is 0 Å². The second-order valence-corrected chi connectivity index (χ2v) is 7.63. The summed E-state index contributed by atoms with van der Waals surface area (Å²) in [6, 6.07) is 0. The van der Waals surface area contributed by atoms with E-state index in [9.17, 15) is 8.42 Å². The highest BCUT2D eigenvalue weighted by Gasteiger charge is 2.30. The molecule has 0 aromatic heterocycles. The van der Waals surface area contributed by atoms with Crippen molar-refractivity contribution >= 4 is 9.84 Å². The maximum atomic E-state index is 11.3. The Bertz CT molecular complexity index is 342. The molecule has 2 rings (SSSR count). The lowest BCUT2D eigenvalue weighted by molar-refractivity contribution is 0.0186. The fraction of sp³-hybridized carbons (Fsp3) is 1.00. The van der Waals surface area contributed by atoms with Crippen LogP contribution in [0.2, 0.25) is 0 Å². The molecule has 2 N–H and O–H groups in total. The van der Waals surface area contributed by atoms with Crippen LogP contribution < -0.4 is 5.73 Å². The second kappa shape index (κ2) is 5.67. The van der Waals surface area contributed by atoms with Gasteiger partial charge in [0.1, 0.15) is 0 Å².